The molecule has 6 N–H and O–H groups in total. The summed E-state index contributed by atoms with van der Waals surface area (Å²) in [6.07, 6.45) is 0. The summed E-state index contributed by atoms with van der Waals surface area (Å²) >= 11 is 0. The number of nitrogens with two attached hydrogens (primary N) is 2. The molecule has 0 radical (unpaired) electrons. The average Bonchev–Trinajstić information content (AvgIpc) is 2.72. The normalized spacial score (nSPS) is 10.4. The molecule has 0 fully saturated rings. The molecule has 4 rings (SSSR count). The maximum absolute atomic E-state index is 5.76. The zero-order valence-electron chi connectivity index (χ0n) is 15.4. The first-order valence-corrected chi connectivity index (χ1v) is 9.11. The molecule has 0 unspecified atom stereocenters. The lowest BCUT2D eigenvalue weighted by Gasteiger charge is -2.11. The van der Waals surface area contributed by atoms with Crippen LogP contribution in [0.1, 0.15) is 0 Å². The summed E-state index contributed by atoms with van der Waals surface area (Å²) in [5.74, 6) is 0. The number of rotatable bonds is 5. The molecule has 0 aromatic heterocycles. The van der Waals surface area contributed by atoms with Gasteiger partial charge in [0.05, 0.1) is 0 Å². The number of anilines is 6. The molecule has 4 aromatic carbocycles. The fourth-order valence-electron chi connectivity index (χ4n) is 3.02. The molecule has 0 saturated heterocycles. The van der Waals surface area contributed by atoms with Crippen LogP contribution in [0, 0.1) is 0 Å². The Bertz CT molecular complexity index is 981. The summed E-state index contributed by atoms with van der Waals surface area (Å²) in [5.41, 5.74) is 19.4. The van der Waals surface area contributed by atoms with E-state index in [4.69, 9.17) is 11.5 Å². The van der Waals surface area contributed by atoms with Gasteiger partial charge in [-0.3, -0.25) is 0 Å². The Morgan fingerprint density at radius 3 is 1.21 bits per heavy atom. The first-order chi connectivity index (χ1) is 13.7. The van der Waals surface area contributed by atoms with E-state index in [2.05, 4.69) is 59.2 Å². The molecule has 0 amide bonds. The van der Waals surface area contributed by atoms with Gasteiger partial charge < -0.3 is 22.1 Å². The molecule has 0 saturated carbocycles. The first kappa shape index (κ1) is 17.5. The molecular weight excluding hydrogens is 344 g/mol. The van der Waals surface area contributed by atoms with Crippen LogP contribution in [0.3, 0.4) is 0 Å². The monoisotopic (exact) mass is 366 g/mol. The van der Waals surface area contributed by atoms with Crippen LogP contribution in [0.15, 0.2) is 97.1 Å². The molecule has 0 aliphatic carbocycles. The van der Waals surface area contributed by atoms with Crippen molar-refractivity contribution in [3.05, 3.63) is 97.1 Å². The van der Waals surface area contributed by atoms with Crippen molar-refractivity contribution in [2.75, 3.05) is 22.1 Å². The number of hydrogen-bond acceptors (Lipinski definition) is 4. The Morgan fingerprint density at radius 2 is 0.821 bits per heavy atom. The zero-order valence-corrected chi connectivity index (χ0v) is 15.4. The van der Waals surface area contributed by atoms with Gasteiger partial charge in [-0.2, -0.15) is 0 Å². The Morgan fingerprint density at radius 1 is 0.429 bits per heavy atom. The largest absolute Gasteiger partial charge is 0.399 e. The number of hydrogen-bond donors (Lipinski definition) is 4. The van der Waals surface area contributed by atoms with Crippen LogP contribution in [0.2, 0.25) is 0 Å². The van der Waals surface area contributed by atoms with Crippen LogP contribution < -0.4 is 22.1 Å². The highest BCUT2D eigenvalue weighted by molar-refractivity contribution is 5.75. The molecular formula is C24H22N4. The molecule has 4 heteroatoms. The van der Waals surface area contributed by atoms with Crippen molar-refractivity contribution in [2.24, 2.45) is 0 Å². The van der Waals surface area contributed by atoms with E-state index in [1.807, 2.05) is 48.5 Å². The van der Waals surface area contributed by atoms with E-state index in [0.29, 0.717) is 0 Å². The minimum absolute atomic E-state index is 0.754. The van der Waals surface area contributed by atoms with Gasteiger partial charge in [0.25, 0.3) is 0 Å². The van der Waals surface area contributed by atoms with Gasteiger partial charge in [-0.05, 0) is 83.9 Å². The predicted molar refractivity (Wildman–Crippen MR) is 120 cm³/mol. The Hall–Kier alpha value is -3.92. The van der Waals surface area contributed by atoms with Crippen LogP contribution in [-0.4, -0.2) is 0 Å². The van der Waals surface area contributed by atoms with Gasteiger partial charge in [-0.15, -0.1) is 0 Å². The van der Waals surface area contributed by atoms with E-state index in [1.54, 1.807) is 0 Å². The first-order valence-electron chi connectivity index (χ1n) is 9.11. The third kappa shape index (κ3) is 4.24. The molecule has 0 atom stereocenters. The van der Waals surface area contributed by atoms with Crippen LogP contribution in [0.25, 0.3) is 11.1 Å². The standard InChI is InChI=1S/C24H22N4/c25-19-7-11-21(12-8-19)27-23-5-1-3-17(15-23)18-4-2-6-24(16-18)28-22-13-9-20(26)10-14-22/h1-16,27-28H,25-26H2. The predicted octanol–water partition coefficient (Wildman–Crippen LogP) is 6.01. The highest BCUT2D eigenvalue weighted by Gasteiger charge is 2.03. The van der Waals surface area contributed by atoms with Gasteiger partial charge in [-0.1, -0.05) is 24.3 Å². The Kier molecular flexibility index (Phi) is 4.85. The molecule has 0 spiro atoms. The van der Waals surface area contributed by atoms with E-state index in [9.17, 15) is 0 Å². The maximum Gasteiger partial charge on any atom is 0.0390 e. The van der Waals surface area contributed by atoms with Gasteiger partial charge in [-0.25, -0.2) is 0 Å². The second-order valence-electron chi connectivity index (χ2n) is 6.66. The molecule has 0 aliphatic rings. The molecule has 4 aromatic rings. The minimum atomic E-state index is 0.754. The Labute approximate surface area is 164 Å². The summed E-state index contributed by atoms with van der Waals surface area (Å²) in [4.78, 5) is 0. The SMILES string of the molecule is Nc1ccc(Nc2cccc(-c3cccc(Nc4ccc(N)cc4)c3)c2)cc1. The lowest BCUT2D eigenvalue weighted by molar-refractivity contribution is 1.52. The van der Waals surface area contributed by atoms with Crippen LogP contribution in [0.5, 0.6) is 0 Å². The fraction of sp³-hybridized carbons (Fsp3) is 0. The van der Waals surface area contributed by atoms with Gasteiger partial charge in [0.2, 0.25) is 0 Å². The fourth-order valence-corrected chi connectivity index (χ4v) is 3.02. The number of benzene rings is 4. The number of nitrogens with one attached hydrogen (secondary N) is 2. The summed E-state index contributed by atoms with van der Waals surface area (Å²) < 4.78 is 0. The second-order valence-corrected chi connectivity index (χ2v) is 6.66. The minimum Gasteiger partial charge on any atom is -0.399 e. The zero-order chi connectivity index (χ0) is 19.3. The molecule has 4 nitrogen and oxygen atoms in total. The highest BCUT2D eigenvalue weighted by atomic mass is 14.9. The quantitative estimate of drug-likeness (QED) is 0.327. The van der Waals surface area contributed by atoms with Crippen molar-refractivity contribution in [1.29, 1.82) is 0 Å². The van der Waals surface area contributed by atoms with Gasteiger partial charge in [0.1, 0.15) is 0 Å². The van der Waals surface area contributed by atoms with Crippen molar-refractivity contribution >= 4 is 34.1 Å². The number of nitrogen functional groups attached to an aromatic ring is 2. The summed E-state index contributed by atoms with van der Waals surface area (Å²) in [7, 11) is 0. The van der Waals surface area contributed by atoms with Crippen molar-refractivity contribution in [3.63, 3.8) is 0 Å². The van der Waals surface area contributed by atoms with Crippen molar-refractivity contribution in [3.8, 4) is 11.1 Å². The molecule has 28 heavy (non-hydrogen) atoms. The Balaban J connectivity index is 1.55. The van der Waals surface area contributed by atoms with Crippen molar-refractivity contribution < 1.29 is 0 Å². The van der Waals surface area contributed by atoms with Crippen molar-refractivity contribution in [1.82, 2.24) is 0 Å². The second kappa shape index (κ2) is 7.76. The molecule has 0 bridgehead atoms. The van der Waals surface area contributed by atoms with Gasteiger partial charge in [0, 0.05) is 34.1 Å². The van der Waals surface area contributed by atoms with Crippen molar-refractivity contribution in [2.45, 2.75) is 0 Å². The summed E-state index contributed by atoms with van der Waals surface area (Å²) in [5, 5.41) is 6.84. The molecule has 0 aliphatic heterocycles. The molecule has 0 heterocycles. The van der Waals surface area contributed by atoms with E-state index in [0.717, 1.165) is 45.3 Å². The third-order valence-electron chi connectivity index (χ3n) is 4.46. The third-order valence-corrected chi connectivity index (χ3v) is 4.46. The van der Waals surface area contributed by atoms with E-state index in [-0.39, 0.29) is 0 Å². The van der Waals surface area contributed by atoms with Gasteiger partial charge >= 0.3 is 0 Å². The average molecular weight is 366 g/mol. The van der Waals surface area contributed by atoms with Crippen LogP contribution >= 0.6 is 0 Å². The summed E-state index contributed by atoms with van der Waals surface area (Å²) in [6, 6.07) is 32.1. The van der Waals surface area contributed by atoms with E-state index in [1.165, 1.54) is 0 Å². The lowest BCUT2D eigenvalue weighted by Crippen LogP contribution is -1.93. The van der Waals surface area contributed by atoms with Crippen LogP contribution in [-0.2, 0) is 0 Å². The topological polar surface area (TPSA) is 76.1 Å². The van der Waals surface area contributed by atoms with Gasteiger partial charge in [0.15, 0.2) is 0 Å². The van der Waals surface area contributed by atoms with E-state index >= 15 is 0 Å². The smallest absolute Gasteiger partial charge is 0.0390 e. The summed E-state index contributed by atoms with van der Waals surface area (Å²) in [6.45, 7) is 0. The lowest BCUT2D eigenvalue weighted by atomic mass is 10.0. The molecule has 138 valence electrons. The van der Waals surface area contributed by atoms with E-state index < -0.39 is 0 Å². The van der Waals surface area contributed by atoms with Crippen LogP contribution in [0.4, 0.5) is 34.1 Å². The highest BCUT2D eigenvalue weighted by Crippen LogP contribution is 2.28. The maximum atomic E-state index is 5.76.